The second-order valence-electron chi connectivity index (χ2n) is 6.69. The Morgan fingerprint density at radius 3 is 2.69 bits per heavy atom. The van der Waals surface area contributed by atoms with Crippen LogP contribution in [0.25, 0.3) is 0 Å². The molecular weight excluding hydrogens is 371 g/mol. The Balaban J connectivity index is 1.34. The molecule has 0 atom stereocenters. The lowest BCUT2D eigenvalue weighted by atomic mass is 10.1. The number of nitrogens with one attached hydrogen (secondary N) is 2. The van der Waals surface area contributed by atoms with Crippen molar-refractivity contribution in [2.45, 2.75) is 26.4 Å². The first-order valence-electron chi connectivity index (χ1n) is 9.56. The smallest absolute Gasteiger partial charge is 0.315 e. The normalized spacial score (nSPS) is 10.6. The number of hydrogen-bond donors (Lipinski definition) is 2. The Labute approximate surface area is 169 Å². The van der Waals surface area contributed by atoms with Gasteiger partial charge in [0.15, 0.2) is 0 Å². The molecule has 0 aliphatic heterocycles. The Bertz CT molecular complexity index is 925. The Morgan fingerprint density at radius 2 is 1.93 bits per heavy atom. The molecule has 0 bridgehead atoms. The van der Waals surface area contributed by atoms with Crippen LogP contribution >= 0.6 is 0 Å². The van der Waals surface area contributed by atoms with Crippen molar-refractivity contribution in [1.82, 2.24) is 20.2 Å². The number of aromatic nitrogens is 2. The summed E-state index contributed by atoms with van der Waals surface area (Å²) in [5.41, 5.74) is 2.19. The quantitative estimate of drug-likeness (QED) is 0.543. The first-order chi connectivity index (χ1) is 14.1. The molecule has 152 valence electrons. The van der Waals surface area contributed by atoms with Crippen molar-refractivity contribution in [3.05, 3.63) is 83.7 Å². The molecule has 0 radical (unpaired) electrons. The number of ether oxygens (including phenoxy) is 1. The molecule has 3 aromatic rings. The zero-order valence-electron chi connectivity index (χ0n) is 16.4. The van der Waals surface area contributed by atoms with Crippen LogP contribution in [0.15, 0.2) is 60.9 Å². The highest BCUT2D eigenvalue weighted by molar-refractivity contribution is 5.73. The fourth-order valence-corrected chi connectivity index (χ4v) is 2.85. The predicted octanol–water partition coefficient (Wildman–Crippen LogP) is 3.65. The number of carbonyl (C=O) groups excluding carboxylic acids is 1. The van der Waals surface area contributed by atoms with Crippen LogP contribution in [0.2, 0.25) is 0 Å². The van der Waals surface area contributed by atoms with Crippen molar-refractivity contribution in [3.63, 3.8) is 0 Å². The van der Waals surface area contributed by atoms with E-state index in [9.17, 15) is 9.18 Å². The second kappa shape index (κ2) is 10.3. The van der Waals surface area contributed by atoms with Crippen LogP contribution < -0.4 is 15.4 Å². The van der Waals surface area contributed by atoms with Gasteiger partial charge in [0.1, 0.15) is 17.4 Å². The van der Waals surface area contributed by atoms with Crippen LogP contribution in [-0.4, -0.2) is 28.7 Å². The molecule has 0 aliphatic carbocycles. The van der Waals surface area contributed by atoms with Crippen molar-refractivity contribution in [2.75, 3.05) is 13.2 Å². The third-order valence-electron chi connectivity index (χ3n) is 4.41. The van der Waals surface area contributed by atoms with Crippen molar-refractivity contribution in [2.24, 2.45) is 0 Å². The third-order valence-corrected chi connectivity index (χ3v) is 4.41. The molecule has 0 fully saturated rings. The number of amides is 2. The first-order valence-corrected chi connectivity index (χ1v) is 9.56. The highest BCUT2D eigenvalue weighted by Crippen LogP contribution is 2.11. The molecule has 0 unspecified atom stereocenters. The van der Waals surface area contributed by atoms with Crippen molar-refractivity contribution < 1.29 is 13.9 Å². The number of benzene rings is 2. The fraction of sp³-hybridized carbons (Fsp3) is 0.273. The summed E-state index contributed by atoms with van der Waals surface area (Å²) in [5.74, 6) is 1.29. The summed E-state index contributed by atoms with van der Waals surface area (Å²) in [6.45, 7) is 4.11. The van der Waals surface area contributed by atoms with E-state index in [1.807, 2.05) is 25.3 Å². The summed E-state index contributed by atoms with van der Waals surface area (Å²) in [6.07, 6.45) is 4.40. The molecule has 2 amide bonds. The molecule has 6 nitrogen and oxygen atoms in total. The zero-order chi connectivity index (χ0) is 20.5. The third kappa shape index (κ3) is 6.64. The van der Waals surface area contributed by atoms with Crippen LogP contribution in [-0.2, 0) is 13.1 Å². The lowest BCUT2D eigenvalue weighted by Crippen LogP contribution is -2.36. The van der Waals surface area contributed by atoms with Crippen LogP contribution in [0, 0.1) is 12.7 Å². The molecule has 7 heteroatoms. The zero-order valence-corrected chi connectivity index (χ0v) is 16.4. The number of aryl methyl sites for hydroxylation is 1. The van der Waals surface area contributed by atoms with Crippen molar-refractivity contribution >= 4 is 6.03 Å². The van der Waals surface area contributed by atoms with E-state index >= 15 is 0 Å². The van der Waals surface area contributed by atoms with Crippen LogP contribution in [0.4, 0.5) is 9.18 Å². The number of urea groups is 1. The summed E-state index contributed by atoms with van der Waals surface area (Å²) in [7, 11) is 0. The summed E-state index contributed by atoms with van der Waals surface area (Å²) in [6, 6.07) is 13.8. The van der Waals surface area contributed by atoms with Gasteiger partial charge in [0.25, 0.3) is 0 Å². The molecule has 29 heavy (non-hydrogen) atoms. The minimum absolute atomic E-state index is 0.220. The molecular formula is C22H25FN4O2. The van der Waals surface area contributed by atoms with E-state index in [2.05, 4.69) is 32.3 Å². The molecule has 1 heterocycles. The maximum atomic E-state index is 12.8. The minimum Gasteiger partial charge on any atom is -0.494 e. The molecule has 1 aromatic heterocycles. The largest absolute Gasteiger partial charge is 0.494 e. The van der Waals surface area contributed by atoms with E-state index < -0.39 is 0 Å². The van der Waals surface area contributed by atoms with Crippen molar-refractivity contribution in [3.8, 4) is 5.75 Å². The number of rotatable bonds is 9. The maximum Gasteiger partial charge on any atom is 0.315 e. The van der Waals surface area contributed by atoms with Crippen LogP contribution in [0.1, 0.15) is 23.4 Å². The Hall–Kier alpha value is -3.35. The lowest BCUT2D eigenvalue weighted by Gasteiger charge is -2.10. The van der Waals surface area contributed by atoms with Gasteiger partial charge in [-0.1, -0.05) is 24.3 Å². The monoisotopic (exact) mass is 396 g/mol. The fourth-order valence-electron chi connectivity index (χ4n) is 2.85. The summed E-state index contributed by atoms with van der Waals surface area (Å²) in [4.78, 5) is 16.2. The van der Waals surface area contributed by atoms with E-state index in [-0.39, 0.29) is 11.8 Å². The van der Waals surface area contributed by atoms with Gasteiger partial charge < -0.3 is 19.9 Å². The van der Waals surface area contributed by atoms with E-state index in [0.29, 0.717) is 31.9 Å². The summed E-state index contributed by atoms with van der Waals surface area (Å²) < 4.78 is 20.4. The molecule has 2 N–H and O–H groups in total. The van der Waals surface area contributed by atoms with Gasteiger partial charge >= 0.3 is 6.03 Å². The standard InChI is InChI=1S/C22H25FN4O2/c1-17-24-11-12-27(17)16-19-5-2-4-18(14-19)15-26-22(28)25-10-3-13-29-21-8-6-20(23)7-9-21/h2,4-9,11-12,14H,3,10,13,15-16H2,1H3,(H2,25,26,28). The second-order valence-corrected chi connectivity index (χ2v) is 6.69. The van der Waals surface area contributed by atoms with Gasteiger partial charge in [0, 0.05) is 32.0 Å². The molecule has 0 spiro atoms. The van der Waals surface area contributed by atoms with Gasteiger partial charge in [-0.05, 0) is 48.7 Å². The average Bonchev–Trinajstić information content (AvgIpc) is 3.12. The van der Waals surface area contributed by atoms with Gasteiger partial charge in [0.2, 0.25) is 0 Å². The van der Waals surface area contributed by atoms with Crippen LogP contribution in [0.3, 0.4) is 0 Å². The van der Waals surface area contributed by atoms with Crippen molar-refractivity contribution in [1.29, 1.82) is 0 Å². The first kappa shape index (κ1) is 20.4. The van der Waals surface area contributed by atoms with Gasteiger partial charge in [-0.25, -0.2) is 14.2 Å². The van der Waals surface area contributed by atoms with E-state index in [0.717, 1.165) is 23.5 Å². The summed E-state index contributed by atoms with van der Waals surface area (Å²) >= 11 is 0. The van der Waals surface area contributed by atoms with Gasteiger partial charge in [0.05, 0.1) is 6.61 Å². The topological polar surface area (TPSA) is 68.2 Å². The van der Waals surface area contributed by atoms with Crippen LogP contribution in [0.5, 0.6) is 5.75 Å². The minimum atomic E-state index is -0.293. The number of nitrogens with zero attached hydrogens (tertiary/aromatic N) is 2. The molecule has 3 rings (SSSR count). The maximum absolute atomic E-state index is 12.8. The Kier molecular flexibility index (Phi) is 7.22. The SMILES string of the molecule is Cc1nccn1Cc1cccc(CNC(=O)NCCCOc2ccc(F)cc2)c1. The number of halogens is 1. The highest BCUT2D eigenvalue weighted by Gasteiger charge is 2.03. The molecule has 0 saturated heterocycles. The average molecular weight is 396 g/mol. The lowest BCUT2D eigenvalue weighted by molar-refractivity contribution is 0.238. The number of hydrogen-bond acceptors (Lipinski definition) is 3. The van der Waals surface area contributed by atoms with E-state index in [4.69, 9.17) is 4.74 Å². The predicted molar refractivity (Wildman–Crippen MR) is 109 cm³/mol. The molecule has 2 aromatic carbocycles. The van der Waals surface area contributed by atoms with Gasteiger partial charge in [-0.15, -0.1) is 0 Å². The number of imidazole rings is 1. The number of carbonyl (C=O) groups is 1. The van der Waals surface area contributed by atoms with E-state index in [1.54, 1.807) is 18.3 Å². The van der Waals surface area contributed by atoms with E-state index in [1.165, 1.54) is 12.1 Å². The van der Waals surface area contributed by atoms with Gasteiger partial charge in [-0.3, -0.25) is 0 Å². The molecule has 0 aliphatic rings. The Morgan fingerprint density at radius 1 is 1.14 bits per heavy atom. The highest BCUT2D eigenvalue weighted by atomic mass is 19.1. The van der Waals surface area contributed by atoms with Gasteiger partial charge in [-0.2, -0.15) is 0 Å². The molecule has 0 saturated carbocycles. The summed E-state index contributed by atoms with van der Waals surface area (Å²) in [5, 5.41) is 5.66.